The molecular formula is C22H19ClN2O3. The fourth-order valence-electron chi connectivity index (χ4n) is 2.59. The van der Waals surface area contributed by atoms with Crippen molar-refractivity contribution in [1.82, 2.24) is 10.2 Å². The highest BCUT2D eigenvalue weighted by Gasteiger charge is 2.19. The van der Waals surface area contributed by atoms with Gasteiger partial charge in [-0.05, 0) is 42.0 Å². The van der Waals surface area contributed by atoms with Gasteiger partial charge < -0.3 is 14.6 Å². The van der Waals surface area contributed by atoms with Crippen LogP contribution in [0.1, 0.15) is 21.7 Å². The van der Waals surface area contributed by atoms with Crippen LogP contribution in [0.5, 0.6) is 0 Å². The van der Waals surface area contributed by atoms with Gasteiger partial charge in [-0.3, -0.25) is 9.59 Å². The van der Waals surface area contributed by atoms with Crippen molar-refractivity contribution in [2.45, 2.75) is 6.54 Å². The Labute approximate surface area is 168 Å². The number of furan rings is 1. The minimum absolute atomic E-state index is 0.125. The maximum atomic E-state index is 13.0. The maximum absolute atomic E-state index is 13.0. The molecule has 1 aromatic heterocycles. The van der Waals surface area contributed by atoms with Crippen LogP contribution in [0, 0.1) is 0 Å². The van der Waals surface area contributed by atoms with E-state index in [-0.39, 0.29) is 17.5 Å². The van der Waals surface area contributed by atoms with E-state index >= 15 is 0 Å². The first kappa shape index (κ1) is 19.5. The monoisotopic (exact) mass is 394 g/mol. The molecule has 0 atom stereocenters. The molecule has 3 rings (SSSR count). The van der Waals surface area contributed by atoms with Gasteiger partial charge in [0.25, 0.3) is 11.8 Å². The average molecular weight is 395 g/mol. The van der Waals surface area contributed by atoms with Gasteiger partial charge >= 0.3 is 0 Å². The van der Waals surface area contributed by atoms with Crippen molar-refractivity contribution in [3.63, 3.8) is 0 Å². The molecule has 0 saturated heterocycles. The molecule has 0 fully saturated rings. The lowest BCUT2D eigenvalue weighted by molar-refractivity contribution is -0.126. The number of hydrogen-bond acceptors (Lipinski definition) is 3. The van der Waals surface area contributed by atoms with Crippen molar-refractivity contribution in [2.75, 3.05) is 7.05 Å². The topological polar surface area (TPSA) is 62.6 Å². The first-order valence-electron chi connectivity index (χ1n) is 8.64. The number of carbonyl (C=O) groups excluding carboxylic acids is 2. The highest BCUT2D eigenvalue weighted by Crippen LogP contribution is 2.14. The number of benzene rings is 2. The summed E-state index contributed by atoms with van der Waals surface area (Å²) in [7, 11) is 1.67. The summed E-state index contributed by atoms with van der Waals surface area (Å²) in [6, 6.07) is 19.4. The summed E-state index contributed by atoms with van der Waals surface area (Å²) in [4.78, 5) is 27.0. The molecule has 142 valence electrons. The number of hydrogen-bond donors (Lipinski definition) is 1. The van der Waals surface area contributed by atoms with E-state index in [1.165, 1.54) is 17.2 Å². The second-order valence-electron chi connectivity index (χ2n) is 6.18. The summed E-state index contributed by atoms with van der Waals surface area (Å²) >= 11 is 5.91. The number of nitrogens with zero attached hydrogens (tertiary/aromatic N) is 1. The Bertz CT molecular complexity index is 965. The van der Waals surface area contributed by atoms with Gasteiger partial charge in [-0.25, -0.2) is 0 Å². The van der Waals surface area contributed by atoms with E-state index in [1.807, 2.05) is 18.2 Å². The lowest BCUT2D eigenvalue weighted by atomic mass is 10.2. The maximum Gasteiger partial charge on any atom is 0.270 e. The Hall–Kier alpha value is -3.31. The van der Waals surface area contributed by atoms with Gasteiger partial charge in [-0.15, -0.1) is 0 Å². The molecule has 0 radical (unpaired) electrons. The molecule has 0 spiro atoms. The van der Waals surface area contributed by atoms with Gasteiger partial charge in [0, 0.05) is 30.3 Å². The Morgan fingerprint density at radius 2 is 1.75 bits per heavy atom. The van der Waals surface area contributed by atoms with Crippen molar-refractivity contribution < 1.29 is 14.0 Å². The van der Waals surface area contributed by atoms with E-state index in [4.69, 9.17) is 16.0 Å². The molecule has 0 aliphatic rings. The predicted octanol–water partition coefficient (Wildman–Crippen LogP) is 4.36. The van der Waals surface area contributed by atoms with E-state index in [9.17, 15) is 9.59 Å². The zero-order valence-corrected chi connectivity index (χ0v) is 16.0. The van der Waals surface area contributed by atoms with E-state index in [0.717, 1.165) is 5.56 Å². The minimum Gasteiger partial charge on any atom is -0.465 e. The van der Waals surface area contributed by atoms with Crippen molar-refractivity contribution in [3.05, 3.63) is 101 Å². The van der Waals surface area contributed by atoms with E-state index in [0.29, 0.717) is 22.9 Å². The number of nitrogens with one attached hydrogen (secondary N) is 1. The fraction of sp³-hybridized carbons (Fsp3) is 0.0909. The Balaban J connectivity index is 1.80. The van der Waals surface area contributed by atoms with E-state index in [2.05, 4.69) is 5.32 Å². The highest BCUT2D eigenvalue weighted by molar-refractivity contribution is 6.30. The second kappa shape index (κ2) is 9.06. The van der Waals surface area contributed by atoms with E-state index < -0.39 is 0 Å². The molecule has 0 saturated carbocycles. The summed E-state index contributed by atoms with van der Waals surface area (Å²) in [6.45, 7) is 0.368. The van der Waals surface area contributed by atoms with Crippen LogP contribution in [0.3, 0.4) is 0 Å². The normalized spacial score (nSPS) is 11.1. The highest BCUT2D eigenvalue weighted by atomic mass is 35.5. The third-order valence-electron chi connectivity index (χ3n) is 4.02. The van der Waals surface area contributed by atoms with Crippen LogP contribution in [-0.2, 0) is 11.3 Å². The number of rotatable bonds is 6. The van der Waals surface area contributed by atoms with Gasteiger partial charge in [0.1, 0.15) is 11.5 Å². The fourth-order valence-corrected chi connectivity index (χ4v) is 2.72. The van der Waals surface area contributed by atoms with Gasteiger partial charge in [-0.1, -0.05) is 41.9 Å². The average Bonchev–Trinajstić information content (AvgIpc) is 3.22. The molecule has 0 unspecified atom stereocenters. The number of halogens is 1. The van der Waals surface area contributed by atoms with Crippen LogP contribution in [0.25, 0.3) is 6.08 Å². The molecule has 0 bridgehead atoms. The Morgan fingerprint density at radius 3 is 2.39 bits per heavy atom. The molecule has 2 aromatic carbocycles. The first-order valence-corrected chi connectivity index (χ1v) is 9.02. The zero-order chi connectivity index (χ0) is 19.9. The summed E-state index contributed by atoms with van der Waals surface area (Å²) < 4.78 is 5.30. The molecular weight excluding hydrogens is 376 g/mol. The Kier molecular flexibility index (Phi) is 6.29. The quantitative estimate of drug-likeness (QED) is 0.632. The first-order chi connectivity index (χ1) is 13.5. The summed E-state index contributed by atoms with van der Waals surface area (Å²) in [6.07, 6.45) is 3.02. The lowest BCUT2D eigenvalue weighted by Crippen LogP contribution is -2.35. The Morgan fingerprint density at radius 1 is 1.04 bits per heavy atom. The van der Waals surface area contributed by atoms with Gasteiger partial charge in [0.15, 0.2) is 0 Å². The van der Waals surface area contributed by atoms with Crippen molar-refractivity contribution >= 4 is 29.5 Å². The number of likely N-dealkylation sites (N-methyl/N-ethyl adjacent to an activating group) is 1. The molecule has 0 aliphatic carbocycles. The largest absolute Gasteiger partial charge is 0.465 e. The standard InChI is InChI=1S/C22H19ClN2O3/c1-25(15-16-9-11-18(23)12-10-16)22(27)20(14-19-8-5-13-28-19)24-21(26)17-6-3-2-4-7-17/h2-14H,15H2,1H3,(H,24,26)/b20-14-. The van der Waals surface area contributed by atoms with Crippen molar-refractivity contribution in [2.24, 2.45) is 0 Å². The molecule has 2 amide bonds. The van der Waals surface area contributed by atoms with Crippen LogP contribution in [-0.4, -0.2) is 23.8 Å². The predicted molar refractivity (Wildman–Crippen MR) is 109 cm³/mol. The van der Waals surface area contributed by atoms with Crippen LogP contribution in [0.2, 0.25) is 5.02 Å². The van der Waals surface area contributed by atoms with E-state index in [1.54, 1.807) is 55.6 Å². The third kappa shape index (κ3) is 5.11. The third-order valence-corrected chi connectivity index (χ3v) is 4.28. The van der Waals surface area contributed by atoms with Crippen molar-refractivity contribution in [1.29, 1.82) is 0 Å². The molecule has 28 heavy (non-hydrogen) atoms. The molecule has 0 aliphatic heterocycles. The van der Waals surface area contributed by atoms with Crippen LogP contribution in [0.15, 0.2) is 83.1 Å². The molecule has 6 heteroatoms. The minimum atomic E-state index is -0.369. The molecule has 1 heterocycles. The summed E-state index contributed by atoms with van der Waals surface area (Å²) in [5.74, 6) is -0.237. The molecule has 5 nitrogen and oxygen atoms in total. The van der Waals surface area contributed by atoms with Crippen LogP contribution in [0.4, 0.5) is 0 Å². The number of carbonyl (C=O) groups is 2. The SMILES string of the molecule is CN(Cc1ccc(Cl)cc1)C(=O)/C(=C/c1ccco1)NC(=O)c1ccccc1. The van der Waals surface area contributed by atoms with Gasteiger partial charge in [-0.2, -0.15) is 0 Å². The van der Waals surface area contributed by atoms with Crippen LogP contribution < -0.4 is 5.32 Å². The summed E-state index contributed by atoms with van der Waals surface area (Å²) in [5, 5.41) is 3.33. The number of amides is 2. The smallest absolute Gasteiger partial charge is 0.270 e. The summed E-state index contributed by atoms with van der Waals surface area (Å²) in [5.41, 5.74) is 1.51. The second-order valence-corrected chi connectivity index (χ2v) is 6.62. The zero-order valence-electron chi connectivity index (χ0n) is 15.3. The molecule has 3 aromatic rings. The van der Waals surface area contributed by atoms with Gasteiger partial charge in [0.2, 0.25) is 0 Å². The lowest BCUT2D eigenvalue weighted by Gasteiger charge is -2.19. The van der Waals surface area contributed by atoms with Gasteiger partial charge in [0.05, 0.1) is 6.26 Å². The van der Waals surface area contributed by atoms with Crippen LogP contribution >= 0.6 is 11.6 Å². The van der Waals surface area contributed by atoms with Crippen molar-refractivity contribution in [3.8, 4) is 0 Å². The molecule has 1 N–H and O–H groups in total.